The smallest absolute Gasteiger partial charge is 0.406 e. The highest BCUT2D eigenvalue weighted by Gasteiger charge is 2.31. The van der Waals surface area contributed by atoms with Crippen molar-refractivity contribution >= 4 is 11.8 Å². The van der Waals surface area contributed by atoms with Crippen molar-refractivity contribution < 1.29 is 17.9 Å². The quantitative estimate of drug-likeness (QED) is 0.920. The van der Waals surface area contributed by atoms with Crippen LogP contribution in [0.3, 0.4) is 0 Å². The van der Waals surface area contributed by atoms with Gasteiger partial charge in [0.2, 0.25) is 0 Å². The lowest BCUT2D eigenvalue weighted by atomic mass is 9.93. The summed E-state index contributed by atoms with van der Waals surface area (Å²) >= 11 is 1.83. The van der Waals surface area contributed by atoms with E-state index in [4.69, 9.17) is 5.73 Å². The summed E-state index contributed by atoms with van der Waals surface area (Å²) in [5.41, 5.74) is 6.78. The van der Waals surface area contributed by atoms with Gasteiger partial charge in [-0.2, -0.15) is 11.8 Å². The van der Waals surface area contributed by atoms with Crippen LogP contribution in [0.15, 0.2) is 24.3 Å². The Bertz CT molecular complexity index is 405. The zero-order chi connectivity index (χ0) is 13.2. The Hall–Kier alpha value is -0.880. The molecular weight excluding hydrogens is 263 g/mol. The summed E-state index contributed by atoms with van der Waals surface area (Å²) in [4.78, 5) is 0. The van der Waals surface area contributed by atoms with E-state index in [-0.39, 0.29) is 11.8 Å². The average Bonchev–Trinajstić information content (AvgIpc) is 2.79. The molecule has 1 heterocycles. The Morgan fingerprint density at radius 1 is 1.39 bits per heavy atom. The third-order valence-corrected chi connectivity index (χ3v) is 4.14. The molecule has 1 aromatic rings. The average molecular weight is 277 g/mol. The molecule has 0 aliphatic carbocycles. The van der Waals surface area contributed by atoms with Crippen LogP contribution in [0.25, 0.3) is 0 Å². The van der Waals surface area contributed by atoms with Gasteiger partial charge in [0.15, 0.2) is 0 Å². The van der Waals surface area contributed by atoms with E-state index in [1.54, 1.807) is 12.1 Å². The zero-order valence-electron chi connectivity index (χ0n) is 9.61. The van der Waals surface area contributed by atoms with Crippen molar-refractivity contribution in [1.29, 1.82) is 0 Å². The Balaban J connectivity index is 2.11. The lowest BCUT2D eigenvalue weighted by Crippen LogP contribution is -2.22. The standard InChI is InChI=1S/C12H14F3NOS/c13-12(14,15)17-10-3-1-2-8(6-10)11(16)9-4-5-18-7-9/h1-3,6,9,11H,4-5,7,16H2. The summed E-state index contributed by atoms with van der Waals surface area (Å²) in [7, 11) is 0. The largest absolute Gasteiger partial charge is 0.573 e. The van der Waals surface area contributed by atoms with E-state index < -0.39 is 6.36 Å². The van der Waals surface area contributed by atoms with E-state index in [1.807, 2.05) is 11.8 Å². The summed E-state index contributed by atoms with van der Waals surface area (Å²) in [5.74, 6) is 2.15. The molecule has 0 bridgehead atoms. The van der Waals surface area contributed by atoms with E-state index in [1.165, 1.54) is 12.1 Å². The molecular formula is C12H14F3NOS. The summed E-state index contributed by atoms with van der Waals surface area (Å²) in [6.07, 6.45) is -3.65. The lowest BCUT2D eigenvalue weighted by molar-refractivity contribution is -0.274. The Labute approximate surface area is 108 Å². The number of thioether (sulfide) groups is 1. The van der Waals surface area contributed by atoms with Gasteiger partial charge in [0.25, 0.3) is 0 Å². The van der Waals surface area contributed by atoms with Gasteiger partial charge < -0.3 is 10.5 Å². The summed E-state index contributed by atoms with van der Waals surface area (Å²) < 4.78 is 40.2. The third-order valence-electron chi connectivity index (χ3n) is 2.95. The van der Waals surface area contributed by atoms with E-state index in [9.17, 15) is 13.2 Å². The molecule has 18 heavy (non-hydrogen) atoms. The van der Waals surface area contributed by atoms with Crippen LogP contribution in [0, 0.1) is 5.92 Å². The maximum absolute atomic E-state index is 12.1. The van der Waals surface area contributed by atoms with Crippen LogP contribution < -0.4 is 10.5 Å². The van der Waals surface area contributed by atoms with E-state index in [0.29, 0.717) is 11.5 Å². The molecule has 100 valence electrons. The third kappa shape index (κ3) is 3.55. The van der Waals surface area contributed by atoms with Crippen molar-refractivity contribution in [2.24, 2.45) is 11.7 Å². The number of rotatable bonds is 3. The maximum Gasteiger partial charge on any atom is 0.573 e. The molecule has 2 atom stereocenters. The number of benzene rings is 1. The first-order valence-corrected chi connectivity index (χ1v) is 6.80. The molecule has 0 radical (unpaired) electrons. The highest BCUT2D eigenvalue weighted by molar-refractivity contribution is 7.99. The van der Waals surface area contributed by atoms with E-state index in [0.717, 1.165) is 17.9 Å². The molecule has 1 aliphatic heterocycles. The minimum absolute atomic E-state index is 0.207. The molecule has 0 saturated carbocycles. The van der Waals surface area contributed by atoms with Crippen LogP contribution in [-0.4, -0.2) is 17.9 Å². The van der Waals surface area contributed by atoms with Crippen molar-refractivity contribution in [3.63, 3.8) is 0 Å². The molecule has 1 fully saturated rings. The Kier molecular flexibility index (Phi) is 4.07. The maximum atomic E-state index is 12.1. The highest BCUT2D eigenvalue weighted by Crippen LogP contribution is 2.34. The fraction of sp³-hybridized carbons (Fsp3) is 0.500. The number of nitrogens with two attached hydrogens (primary N) is 1. The molecule has 2 nitrogen and oxygen atoms in total. The monoisotopic (exact) mass is 277 g/mol. The van der Waals surface area contributed by atoms with Crippen LogP contribution in [0.4, 0.5) is 13.2 Å². The minimum Gasteiger partial charge on any atom is -0.406 e. The molecule has 1 aliphatic rings. The normalized spacial score (nSPS) is 21.9. The van der Waals surface area contributed by atoms with Crippen molar-refractivity contribution in [2.75, 3.05) is 11.5 Å². The molecule has 6 heteroatoms. The van der Waals surface area contributed by atoms with Crippen LogP contribution in [0.5, 0.6) is 5.75 Å². The van der Waals surface area contributed by atoms with Crippen LogP contribution in [0.2, 0.25) is 0 Å². The number of halogens is 3. The predicted octanol–water partition coefficient (Wildman–Crippen LogP) is 3.34. The van der Waals surface area contributed by atoms with Crippen molar-refractivity contribution in [3.8, 4) is 5.75 Å². The first-order chi connectivity index (χ1) is 8.46. The summed E-state index contributed by atoms with van der Waals surface area (Å²) in [6, 6.07) is 5.72. The Morgan fingerprint density at radius 3 is 2.78 bits per heavy atom. The summed E-state index contributed by atoms with van der Waals surface area (Å²) in [5, 5.41) is 0. The molecule has 0 spiro atoms. The van der Waals surface area contributed by atoms with Gasteiger partial charge >= 0.3 is 6.36 Å². The van der Waals surface area contributed by atoms with Gasteiger partial charge in [-0.15, -0.1) is 13.2 Å². The predicted molar refractivity (Wildman–Crippen MR) is 65.5 cm³/mol. The van der Waals surface area contributed by atoms with Gasteiger partial charge in [0.1, 0.15) is 5.75 Å². The van der Waals surface area contributed by atoms with Crippen LogP contribution >= 0.6 is 11.8 Å². The van der Waals surface area contributed by atoms with E-state index in [2.05, 4.69) is 4.74 Å². The van der Waals surface area contributed by atoms with Crippen molar-refractivity contribution in [2.45, 2.75) is 18.8 Å². The zero-order valence-corrected chi connectivity index (χ0v) is 10.4. The van der Waals surface area contributed by atoms with Gasteiger partial charge in [0.05, 0.1) is 0 Å². The van der Waals surface area contributed by atoms with Crippen molar-refractivity contribution in [1.82, 2.24) is 0 Å². The molecule has 0 aromatic heterocycles. The number of hydrogen-bond donors (Lipinski definition) is 1. The highest BCUT2D eigenvalue weighted by atomic mass is 32.2. The lowest BCUT2D eigenvalue weighted by Gasteiger charge is -2.19. The van der Waals surface area contributed by atoms with Crippen LogP contribution in [0.1, 0.15) is 18.0 Å². The van der Waals surface area contributed by atoms with Gasteiger partial charge in [-0.05, 0) is 41.5 Å². The molecule has 1 saturated heterocycles. The first kappa shape index (κ1) is 13.5. The number of alkyl halides is 3. The second kappa shape index (κ2) is 5.40. The van der Waals surface area contributed by atoms with Gasteiger partial charge in [-0.3, -0.25) is 0 Å². The Morgan fingerprint density at radius 2 is 2.17 bits per heavy atom. The second-order valence-corrected chi connectivity index (χ2v) is 5.42. The fourth-order valence-electron chi connectivity index (χ4n) is 2.03. The molecule has 0 amide bonds. The molecule has 2 unspecified atom stereocenters. The molecule has 1 aromatic carbocycles. The van der Waals surface area contributed by atoms with Crippen molar-refractivity contribution in [3.05, 3.63) is 29.8 Å². The van der Waals surface area contributed by atoms with Gasteiger partial charge in [-0.25, -0.2) is 0 Å². The SMILES string of the molecule is NC(c1cccc(OC(F)(F)F)c1)C1CCSC1. The minimum atomic E-state index is -4.66. The van der Waals surface area contributed by atoms with Gasteiger partial charge in [-0.1, -0.05) is 12.1 Å². The fourth-order valence-corrected chi connectivity index (χ4v) is 3.34. The van der Waals surface area contributed by atoms with Crippen LogP contribution in [-0.2, 0) is 0 Å². The first-order valence-electron chi connectivity index (χ1n) is 5.65. The molecule has 2 N–H and O–H groups in total. The molecule has 2 rings (SSSR count). The van der Waals surface area contributed by atoms with E-state index >= 15 is 0 Å². The summed E-state index contributed by atoms with van der Waals surface area (Å²) in [6.45, 7) is 0. The number of ether oxygens (including phenoxy) is 1. The van der Waals surface area contributed by atoms with Gasteiger partial charge in [0, 0.05) is 6.04 Å². The second-order valence-electron chi connectivity index (χ2n) is 4.27. The topological polar surface area (TPSA) is 35.2 Å². The number of hydrogen-bond acceptors (Lipinski definition) is 3.